The number of hydrogen-bond acceptors (Lipinski definition) is 1. The fourth-order valence-corrected chi connectivity index (χ4v) is 1.53. The largest absolute Gasteiger partial charge is 0.122 e. The van der Waals surface area contributed by atoms with E-state index in [0.717, 1.165) is 11.3 Å². The van der Waals surface area contributed by atoms with E-state index in [2.05, 4.69) is 25.3 Å². The SMILES string of the molecule is C=CCSC(/C=C\C)=C/C(=C)C. The van der Waals surface area contributed by atoms with Gasteiger partial charge in [-0.05, 0) is 19.9 Å². The van der Waals surface area contributed by atoms with Crippen LogP contribution in [0, 0.1) is 0 Å². The summed E-state index contributed by atoms with van der Waals surface area (Å²) < 4.78 is 0. The predicted octanol–water partition coefficient (Wildman–Crippen LogP) is 3.94. The zero-order valence-corrected chi connectivity index (χ0v) is 8.66. The van der Waals surface area contributed by atoms with Crippen LogP contribution in [-0.4, -0.2) is 5.75 Å². The van der Waals surface area contributed by atoms with E-state index in [9.17, 15) is 0 Å². The molecule has 0 spiro atoms. The summed E-state index contributed by atoms with van der Waals surface area (Å²) in [4.78, 5) is 1.24. The molecule has 0 saturated carbocycles. The second kappa shape index (κ2) is 6.99. The van der Waals surface area contributed by atoms with Gasteiger partial charge in [0.05, 0.1) is 0 Å². The molecular weight excluding hydrogens is 164 g/mol. The average Bonchev–Trinajstić information content (AvgIpc) is 2.00. The van der Waals surface area contributed by atoms with Crippen LogP contribution in [0.3, 0.4) is 0 Å². The number of hydrogen-bond donors (Lipinski definition) is 0. The van der Waals surface area contributed by atoms with Gasteiger partial charge in [-0.2, -0.15) is 0 Å². The third kappa shape index (κ3) is 6.05. The topological polar surface area (TPSA) is 0 Å². The number of thioether (sulfide) groups is 1. The standard InChI is InChI=1S/C11H16S/c1-5-7-11(9-10(3)4)12-8-6-2/h5-7,9H,2-3,8H2,1,4H3/b7-5-,11-9+. The lowest BCUT2D eigenvalue weighted by Crippen LogP contribution is -1.75. The molecular formula is C11H16S. The van der Waals surface area contributed by atoms with Crippen molar-refractivity contribution in [2.75, 3.05) is 5.75 Å². The quantitative estimate of drug-likeness (QED) is 0.456. The number of allylic oxidation sites excluding steroid dienone is 4. The van der Waals surface area contributed by atoms with Gasteiger partial charge in [0.2, 0.25) is 0 Å². The van der Waals surface area contributed by atoms with E-state index in [1.165, 1.54) is 4.91 Å². The lowest BCUT2D eigenvalue weighted by Gasteiger charge is -1.98. The maximum atomic E-state index is 3.84. The highest BCUT2D eigenvalue weighted by molar-refractivity contribution is 8.03. The summed E-state index contributed by atoms with van der Waals surface area (Å²) >= 11 is 1.77. The van der Waals surface area contributed by atoms with Gasteiger partial charge in [-0.1, -0.05) is 30.4 Å². The van der Waals surface area contributed by atoms with E-state index < -0.39 is 0 Å². The minimum Gasteiger partial charge on any atom is -0.122 e. The molecule has 0 unspecified atom stereocenters. The van der Waals surface area contributed by atoms with Crippen LogP contribution in [0.25, 0.3) is 0 Å². The van der Waals surface area contributed by atoms with Gasteiger partial charge in [-0.25, -0.2) is 0 Å². The van der Waals surface area contributed by atoms with Crippen molar-refractivity contribution >= 4 is 11.8 Å². The summed E-state index contributed by atoms with van der Waals surface area (Å²) in [5.41, 5.74) is 1.08. The van der Waals surface area contributed by atoms with Gasteiger partial charge < -0.3 is 0 Å². The Labute approximate surface area is 79.8 Å². The molecule has 0 amide bonds. The Morgan fingerprint density at radius 3 is 2.58 bits per heavy atom. The van der Waals surface area contributed by atoms with E-state index in [1.807, 2.05) is 26.0 Å². The van der Waals surface area contributed by atoms with Crippen LogP contribution in [-0.2, 0) is 0 Å². The molecule has 0 aromatic heterocycles. The Morgan fingerprint density at radius 2 is 2.17 bits per heavy atom. The van der Waals surface area contributed by atoms with Crippen LogP contribution in [0.5, 0.6) is 0 Å². The van der Waals surface area contributed by atoms with Crippen LogP contribution >= 0.6 is 11.8 Å². The molecule has 0 aliphatic carbocycles. The van der Waals surface area contributed by atoms with Crippen molar-refractivity contribution in [3.8, 4) is 0 Å². The van der Waals surface area contributed by atoms with Crippen molar-refractivity contribution in [3.05, 3.63) is 47.9 Å². The Morgan fingerprint density at radius 1 is 1.50 bits per heavy atom. The van der Waals surface area contributed by atoms with Gasteiger partial charge in [-0.15, -0.1) is 18.3 Å². The van der Waals surface area contributed by atoms with Crippen molar-refractivity contribution in [2.24, 2.45) is 0 Å². The Balaban J connectivity index is 4.21. The molecule has 0 bridgehead atoms. The lowest BCUT2D eigenvalue weighted by molar-refractivity contribution is 1.55. The highest BCUT2D eigenvalue weighted by Gasteiger charge is 1.90. The van der Waals surface area contributed by atoms with E-state index in [-0.39, 0.29) is 0 Å². The smallest absolute Gasteiger partial charge is 0.0158 e. The minimum absolute atomic E-state index is 0.948. The molecule has 0 aromatic carbocycles. The van der Waals surface area contributed by atoms with Crippen LogP contribution in [0.15, 0.2) is 47.9 Å². The van der Waals surface area contributed by atoms with Gasteiger partial charge in [0.15, 0.2) is 0 Å². The molecule has 0 aliphatic heterocycles. The molecule has 1 heteroatoms. The normalized spacial score (nSPS) is 12.0. The first-order valence-electron chi connectivity index (χ1n) is 3.94. The first-order chi connectivity index (χ1) is 5.70. The van der Waals surface area contributed by atoms with Crippen LogP contribution in [0.2, 0.25) is 0 Å². The molecule has 0 fully saturated rings. The summed E-state index contributed by atoms with van der Waals surface area (Å²) in [5.74, 6) is 0.948. The van der Waals surface area contributed by atoms with Crippen molar-refractivity contribution in [3.63, 3.8) is 0 Å². The highest BCUT2D eigenvalue weighted by Crippen LogP contribution is 2.18. The van der Waals surface area contributed by atoms with Crippen LogP contribution < -0.4 is 0 Å². The van der Waals surface area contributed by atoms with Crippen molar-refractivity contribution < 1.29 is 0 Å². The van der Waals surface area contributed by atoms with E-state index in [1.54, 1.807) is 11.8 Å². The minimum atomic E-state index is 0.948. The Kier molecular flexibility index (Phi) is 6.58. The van der Waals surface area contributed by atoms with Crippen molar-refractivity contribution in [1.82, 2.24) is 0 Å². The van der Waals surface area contributed by atoms with Crippen molar-refractivity contribution in [2.45, 2.75) is 13.8 Å². The molecule has 0 heterocycles. The maximum absolute atomic E-state index is 3.84. The predicted molar refractivity (Wildman–Crippen MR) is 60.4 cm³/mol. The van der Waals surface area contributed by atoms with E-state index in [4.69, 9.17) is 0 Å². The van der Waals surface area contributed by atoms with E-state index >= 15 is 0 Å². The summed E-state index contributed by atoms with van der Waals surface area (Å²) in [6, 6.07) is 0. The fraction of sp³-hybridized carbons (Fsp3) is 0.273. The molecule has 0 radical (unpaired) electrons. The fourth-order valence-electron chi connectivity index (χ4n) is 0.700. The van der Waals surface area contributed by atoms with Gasteiger partial charge in [-0.3, -0.25) is 0 Å². The van der Waals surface area contributed by atoms with Gasteiger partial charge in [0.25, 0.3) is 0 Å². The molecule has 0 aliphatic rings. The Hall–Kier alpha value is -0.690. The average molecular weight is 180 g/mol. The first kappa shape index (κ1) is 11.3. The molecule has 12 heavy (non-hydrogen) atoms. The van der Waals surface area contributed by atoms with Gasteiger partial charge in [0, 0.05) is 10.7 Å². The monoisotopic (exact) mass is 180 g/mol. The van der Waals surface area contributed by atoms with Gasteiger partial charge >= 0.3 is 0 Å². The van der Waals surface area contributed by atoms with Crippen molar-refractivity contribution in [1.29, 1.82) is 0 Å². The number of rotatable bonds is 5. The third-order valence-corrected chi connectivity index (χ3v) is 2.08. The second-order valence-electron chi connectivity index (χ2n) is 2.49. The molecule has 0 N–H and O–H groups in total. The molecule has 66 valence electrons. The highest BCUT2D eigenvalue weighted by atomic mass is 32.2. The summed E-state index contributed by atoms with van der Waals surface area (Å²) in [7, 11) is 0. The Bertz CT molecular complexity index is 209. The third-order valence-electron chi connectivity index (χ3n) is 1.09. The summed E-state index contributed by atoms with van der Waals surface area (Å²) in [6.07, 6.45) is 8.10. The first-order valence-corrected chi connectivity index (χ1v) is 4.93. The lowest BCUT2D eigenvalue weighted by atomic mass is 10.3. The van der Waals surface area contributed by atoms with Crippen LogP contribution in [0.4, 0.5) is 0 Å². The second-order valence-corrected chi connectivity index (χ2v) is 3.59. The summed E-state index contributed by atoms with van der Waals surface area (Å²) in [5, 5.41) is 0. The van der Waals surface area contributed by atoms with Gasteiger partial charge in [0.1, 0.15) is 0 Å². The van der Waals surface area contributed by atoms with Crippen LogP contribution in [0.1, 0.15) is 13.8 Å². The summed E-state index contributed by atoms with van der Waals surface area (Å²) in [6.45, 7) is 11.5. The maximum Gasteiger partial charge on any atom is 0.0158 e. The molecule has 0 saturated heterocycles. The molecule has 0 atom stereocenters. The zero-order chi connectivity index (χ0) is 9.40. The molecule has 0 aromatic rings. The van der Waals surface area contributed by atoms with E-state index in [0.29, 0.717) is 0 Å². The zero-order valence-electron chi connectivity index (χ0n) is 7.84. The molecule has 0 rings (SSSR count). The molecule has 0 nitrogen and oxygen atoms in total.